The van der Waals surface area contributed by atoms with Crippen molar-refractivity contribution in [1.29, 1.82) is 0 Å². The van der Waals surface area contributed by atoms with Crippen molar-refractivity contribution >= 4 is 50.5 Å². The zero-order valence-electron chi connectivity index (χ0n) is 20.9. The number of pyridine rings is 1. The van der Waals surface area contributed by atoms with Crippen molar-refractivity contribution in [3.8, 4) is 5.75 Å². The van der Waals surface area contributed by atoms with Crippen LogP contribution in [0.1, 0.15) is 29.1 Å². The minimum absolute atomic E-state index is 0.305. The molecule has 0 unspecified atom stereocenters. The van der Waals surface area contributed by atoms with Crippen molar-refractivity contribution in [2.75, 3.05) is 23.0 Å². The van der Waals surface area contributed by atoms with Crippen molar-refractivity contribution in [2.45, 2.75) is 29.0 Å². The van der Waals surface area contributed by atoms with Crippen LogP contribution in [0.2, 0.25) is 0 Å². The third-order valence-electron chi connectivity index (χ3n) is 5.99. The van der Waals surface area contributed by atoms with Crippen molar-refractivity contribution in [3.05, 3.63) is 96.0 Å². The Morgan fingerprint density at radius 3 is 2.58 bits per heavy atom. The lowest BCUT2D eigenvalue weighted by Gasteiger charge is -2.27. The van der Waals surface area contributed by atoms with E-state index in [9.17, 15) is 8.42 Å². The van der Waals surface area contributed by atoms with Crippen LogP contribution in [-0.4, -0.2) is 31.9 Å². The number of hydrogen-bond acceptors (Lipinski definition) is 7. The fraction of sp³-hybridized carbons (Fsp3) is 0.185. The molecule has 1 saturated heterocycles. The molecule has 0 amide bonds. The van der Waals surface area contributed by atoms with E-state index in [1.807, 2.05) is 41.3 Å². The van der Waals surface area contributed by atoms with E-state index >= 15 is 0 Å². The first-order chi connectivity index (χ1) is 18.2. The summed E-state index contributed by atoms with van der Waals surface area (Å²) in [5.74, 6) is 1.08. The van der Waals surface area contributed by atoms with E-state index in [1.165, 1.54) is 24.4 Å². The molecule has 11 heteroatoms. The first-order valence-electron chi connectivity index (χ1n) is 11.7. The Labute approximate surface area is 231 Å². The molecule has 0 aliphatic carbocycles. The molecule has 196 valence electrons. The van der Waals surface area contributed by atoms with Gasteiger partial charge in [-0.3, -0.25) is 9.71 Å². The molecule has 2 N–H and O–H groups in total. The molecule has 2 aromatic heterocycles. The number of nitrogens with zero attached hydrogens (tertiary/aromatic N) is 2. The molecule has 0 radical (unpaired) electrons. The highest BCUT2D eigenvalue weighted by Crippen LogP contribution is 2.44. The van der Waals surface area contributed by atoms with Gasteiger partial charge in [0.1, 0.15) is 17.6 Å². The summed E-state index contributed by atoms with van der Waals surface area (Å²) in [6.07, 6.45) is 2.83. The molecule has 38 heavy (non-hydrogen) atoms. The fourth-order valence-corrected chi connectivity index (χ4v) is 6.00. The summed E-state index contributed by atoms with van der Waals surface area (Å²) in [4.78, 5) is 7.56. The van der Waals surface area contributed by atoms with Crippen LogP contribution in [0.5, 0.6) is 5.75 Å². The Hall–Kier alpha value is -3.54. The van der Waals surface area contributed by atoms with Gasteiger partial charge in [-0.05, 0) is 73.7 Å². The molecule has 2 aromatic carbocycles. The first kappa shape index (κ1) is 26.1. The van der Waals surface area contributed by atoms with Crippen LogP contribution in [0.25, 0.3) is 0 Å². The van der Waals surface area contributed by atoms with Gasteiger partial charge in [0.05, 0.1) is 30.8 Å². The minimum Gasteiger partial charge on any atom is -0.495 e. The van der Waals surface area contributed by atoms with Gasteiger partial charge in [0.15, 0.2) is 10.2 Å². The van der Waals surface area contributed by atoms with Gasteiger partial charge in [-0.25, -0.2) is 8.42 Å². The lowest BCUT2D eigenvalue weighted by Crippen LogP contribution is -2.29. The number of aryl methyl sites for hydroxylation is 1. The maximum atomic E-state index is 12.0. The van der Waals surface area contributed by atoms with E-state index in [0.717, 1.165) is 21.9 Å². The highest BCUT2D eigenvalue weighted by molar-refractivity contribution is 7.99. The van der Waals surface area contributed by atoms with Gasteiger partial charge in [-0.1, -0.05) is 35.5 Å². The Morgan fingerprint density at radius 1 is 1.11 bits per heavy atom. The second kappa shape index (κ2) is 10.7. The van der Waals surface area contributed by atoms with Gasteiger partial charge >= 0.3 is 0 Å². The molecule has 4 aromatic rings. The summed E-state index contributed by atoms with van der Waals surface area (Å²) < 4.78 is 38.3. The number of hydrogen-bond donors (Lipinski definition) is 2. The molecule has 1 fully saturated rings. The van der Waals surface area contributed by atoms with E-state index in [1.54, 1.807) is 18.3 Å². The topological polar surface area (TPSA) is 96.7 Å². The van der Waals surface area contributed by atoms with E-state index in [0.29, 0.717) is 28.0 Å². The van der Waals surface area contributed by atoms with Crippen molar-refractivity contribution in [2.24, 2.45) is 0 Å². The van der Waals surface area contributed by atoms with Crippen LogP contribution in [0, 0.1) is 6.92 Å². The standard InChI is InChI=1S/C27H26N4O4S3/c1-17-7-10-19(11-8-17)37-24-14-13-23(35-24)26-25(20-6-4-5-15-28-20)29-27(36)31(26)18-9-12-22(34-2)21(16-18)30-38(3,32)33/h4-16,25-26,30H,1-3H3,(H,29,36)/t25-,26-/m1/s1. The first-order valence-corrected chi connectivity index (χ1v) is 14.8. The SMILES string of the molecule is COc1ccc(N2C(=S)N[C@H](c3ccccn3)[C@H]2c2ccc(Sc3ccc(C)cc3)o2)cc1NS(C)(=O)=O. The highest BCUT2D eigenvalue weighted by Gasteiger charge is 2.42. The number of aromatic nitrogens is 1. The average molecular weight is 567 g/mol. The zero-order valence-corrected chi connectivity index (χ0v) is 23.4. The van der Waals surface area contributed by atoms with Crippen LogP contribution >= 0.6 is 24.0 Å². The van der Waals surface area contributed by atoms with E-state index in [2.05, 4.69) is 46.2 Å². The third-order valence-corrected chi connectivity index (χ3v) is 7.82. The van der Waals surface area contributed by atoms with Crippen LogP contribution < -0.4 is 19.7 Å². The molecule has 8 nitrogen and oxygen atoms in total. The molecule has 0 spiro atoms. The summed E-state index contributed by atoms with van der Waals surface area (Å²) in [7, 11) is -2.05. The Bertz CT molecular complexity index is 1560. The molecule has 2 atom stereocenters. The Balaban J connectivity index is 1.55. The third kappa shape index (κ3) is 5.64. The van der Waals surface area contributed by atoms with Crippen molar-refractivity contribution in [3.63, 3.8) is 0 Å². The number of sulfonamides is 1. The summed E-state index contributed by atoms with van der Waals surface area (Å²) in [5, 5.41) is 4.60. The molecular weight excluding hydrogens is 541 g/mol. The minimum atomic E-state index is -3.54. The van der Waals surface area contributed by atoms with Crippen LogP contribution in [0.3, 0.4) is 0 Å². The van der Waals surface area contributed by atoms with Crippen molar-refractivity contribution in [1.82, 2.24) is 10.3 Å². The van der Waals surface area contributed by atoms with Crippen LogP contribution in [0.15, 0.2) is 93.4 Å². The second-order valence-corrected chi connectivity index (χ2v) is 12.0. The smallest absolute Gasteiger partial charge is 0.229 e. The summed E-state index contributed by atoms with van der Waals surface area (Å²) in [6.45, 7) is 2.05. The number of benzene rings is 2. The van der Waals surface area contributed by atoms with E-state index in [-0.39, 0.29) is 12.1 Å². The quantitative estimate of drug-likeness (QED) is 0.261. The second-order valence-electron chi connectivity index (χ2n) is 8.83. The number of furan rings is 1. The fourth-order valence-electron chi connectivity index (χ4n) is 4.32. The van der Waals surface area contributed by atoms with Gasteiger partial charge in [0.25, 0.3) is 0 Å². The monoisotopic (exact) mass is 566 g/mol. The predicted octanol–water partition coefficient (Wildman–Crippen LogP) is 5.69. The normalized spacial score (nSPS) is 17.3. The number of ether oxygens (including phenoxy) is 1. The number of rotatable bonds is 8. The van der Waals surface area contributed by atoms with Gasteiger partial charge in [0.2, 0.25) is 10.0 Å². The maximum Gasteiger partial charge on any atom is 0.229 e. The average Bonchev–Trinajstić information content (AvgIpc) is 3.49. The molecule has 3 heterocycles. The van der Waals surface area contributed by atoms with E-state index in [4.69, 9.17) is 21.4 Å². The lowest BCUT2D eigenvalue weighted by molar-refractivity contribution is 0.383. The van der Waals surface area contributed by atoms with Crippen LogP contribution in [0.4, 0.5) is 11.4 Å². The highest BCUT2D eigenvalue weighted by atomic mass is 32.2. The van der Waals surface area contributed by atoms with Crippen molar-refractivity contribution < 1.29 is 17.6 Å². The number of nitrogens with one attached hydrogen (secondary N) is 2. The van der Waals surface area contributed by atoms with Gasteiger partial charge in [-0.15, -0.1) is 0 Å². The molecule has 0 bridgehead atoms. The van der Waals surface area contributed by atoms with Gasteiger partial charge in [-0.2, -0.15) is 0 Å². The Morgan fingerprint density at radius 2 is 1.89 bits per heavy atom. The lowest BCUT2D eigenvalue weighted by atomic mass is 10.0. The number of thiocarbonyl (C=S) groups is 1. The van der Waals surface area contributed by atoms with Gasteiger partial charge in [0, 0.05) is 16.8 Å². The molecule has 5 rings (SSSR count). The Kier molecular flexibility index (Phi) is 7.33. The largest absolute Gasteiger partial charge is 0.495 e. The molecule has 1 aliphatic rings. The summed E-state index contributed by atoms with van der Waals surface area (Å²) in [5.41, 5.74) is 2.97. The zero-order chi connectivity index (χ0) is 26.9. The predicted molar refractivity (Wildman–Crippen MR) is 153 cm³/mol. The van der Waals surface area contributed by atoms with Gasteiger partial charge < -0.3 is 19.4 Å². The molecule has 1 aliphatic heterocycles. The summed E-state index contributed by atoms with van der Waals surface area (Å²) >= 11 is 7.32. The number of methoxy groups -OCH3 is 1. The van der Waals surface area contributed by atoms with Crippen LogP contribution in [-0.2, 0) is 10.0 Å². The molecule has 0 saturated carbocycles. The molecular formula is C27H26N4O4S3. The maximum absolute atomic E-state index is 12.0. The summed E-state index contributed by atoms with van der Waals surface area (Å²) in [6, 6.07) is 22.4. The van der Waals surface area contributed by atoms with E-state index < -0.39 is 10.0 Å². The number of anilines is 2.